The lowest BCUT2D eigenvalue weighted by molar-refractivity contribution is 0.453. The van der Waals surface area contributed by atoms with E-state index in [0.29, 0.717) is 24.5 Å². The van der Waals surface area contributed by atoms with E-state index in [9.17, 15) is 8.42 Å². The Bertz CT molecular complexity index is 535. The molecule has 1 aromatic carbocycles. The quantitative estimate of drug-likeness (QED) is 0.748. The Balaban J connectivity index is 2.94. The second-order valence-corrected chi connectivity index (χ2v) is 6.86. The average Bonchev–Trinajstić information content (AvgIpc) is 2.42. The largest absolute Gasteiger partial charge is 0.330 e. The molecule has 0 aromatic heterocycles. The molecular formula is C15H24N2O2S. The van der Waals surface area contributed by atoms with Crippen molar-refractivity contribution in [1.29, 1.82) is 0 Å². The van der Waals surface area contributed by atoms with Crippen molar-refractivity contribution in [2.75, 3.05) is 19.6 Å². The van der Waals surface area contributed by atoms with Crippen LogP contribution >= 0.6 is 0 Å². The zero-order valence-electron chi connectivity index (χ0n) is 12.3. The smallest absolute Gasteiger partial charge is 0.243 e. The van der Waals surface area contributed by atoms with Gasteiger partial charge in [-0.15, -0.1) is 0 Å². The second-order valence-electron chi connectivity index (χ2n) is 4.92. The van der Waals surface area contributed by atoms with Gasteiger partial charge in [0.1, 0.15) is 0 Å². The van der Waals surface area contributed by atoms with Gasteiger partial charge in [-0.1, -0.05) is 31.2 Å². The highest BCUT2D eigenvalue weighted by Crippen LogP contribution is 2.17. The van der Waals surface area contributed by atoms with E-state index in [-0.39, 0.29) is 0 Å². The number of sulfonamides is 1. The van der Waals surface area contributed by atoms with Crippen LogP contribution in [0.25, 0.3) is 0 Å². The molecule has 0 spiro atoms. The monoisotopic (exact) mass is 296 g/mol. The van der Waals surface area contributed by atoms with Crippen LogP contribution in [-0.4, -0.2) is 32.4 Å². The number of nitrogens with zero attached hydrogens (tertiary/aromatic N) is 1. The van der Waals surface area contributed by atoms with Gasteiger partial charge in [-0.2, -0.15) is 4.31 Å². The summed E-state index contributed by atoms with van der Waals surface area (Å²) in [4.78, 5) is 0.331. The first kappa shape index (κ1) is 16.9. The fourth-order valence-electron chi connectivity index (χ4n) is 1.95. The van der Waals surface area contributed by atoms with Crippen LogP contribution in [0.1, 0.15) is 25.8 Å². The molecule has 0 radical (unpaired) electrons. The van der Waals surface area contributed by atoms with Crippen molar-refractivity contribution >= 4 is 10.0 Å². The molecule has 0 amide bonds. The van der Waals surface area contributed by atoms with Gasteiger partial charge in [-0.3, -0.25) is 0 Å². The molecule has 0 saturated heterocycles. The Hall–Kier alpha value is -1.17. The van der Waals surface area contributed by atoms with Crippen molar-refractivity contribution in [2.24, 2.45) is 5.73 Å². The van der Waals surface area contributed by atoms with Crippen molar-refractivity contribution in [3.63, 3.8) is 0 Å². The third-order valence-electron chi connectivity index (χ3n) is 3.03. The Morgan fingerprint density at radius 1 is 1.30 bits per heavy atom. The maximum atomic E-state index is 12.5. The number of likely N-dealkylation sites (N-methyl/N-ethyl adjacent to an activating group) is 1. The van der Waals surface area contributed by atoms with Gasteiger partial charge in [0.2, 0.25) is 10.0 Å². The van der Waals surface area contributed by atoms with Crippen molar-refractivity contribution < 1.29 is 8.42 Å². The summed E-state index contributed by atoms with van der Waals surface area (Å²) in [5.74, 6) is 0. The summed E-state index contributed by atoms with van der Waals surface area (Å²) in [6.45, 7) is 8.87. The standard InChI is InChI=1S/C15H24N2O2S/c1-4-17(12-13(2)3)20(18,19)15-9-7-14(8-10-15)6-5-11-16/h7-10H,2,4-6,11-12,16H2,1,3H3. The molecule has 0 bridgehead atoms. The lowest BCUT2D eigenvalue weighted by Gasteiger charge is -2.20. The number of benzene rings is 1. The number of hydrogen-bond acceptors (Lipinski definition) is 3. The average molecular weight is 296 g/mol. The minimum absolute atomic E-state index is 0.331. The van der Waals surface area contributed by atoms with E-state index in [4.69, 9.17) is 5.73 Å². The third kappa shape index (κ3) is 4.44. The molecule has 0 saturated carbocycles. The first-order valence-electron chi connectivity index (χ1n) is 6.85. The molecule has 20 heavy (non-hydrogen) atoms. The summed E-state index contributed by atoms with van der Waals surface area (Å²) >= 11 is 0. The zero-order valence-corrected chi connectivity index (χ0v) is 13.1. The Labute approximate surface area is 122 Å². The van der Waals surface area contributed by atoms with E-state index in [1.807, 2.05) is 26.0 Å². The van der Waals surface area contributed by atoms with Crippen molar-refractivity contribution in [3.05, 3.63) is 42.0 Å². The van der Waals surface area contributed by atoms with E-state index < -0.39 is 10.0 Å². The normalized spacial score (nSPS) is 11.8. The fourth-order valence-corrected chi connectivity index (χ4v) is 3.46. The molecular weight excluding hydrogens is 272 g/mol. The number of hydrogen-bond donors (Lipinski definition) is 1. The predicted molar refractivity (Wildman–Crippen MR) is 83.1 cm³/mol. The molecule has 0 aliphatic heterocycles. The summed E-state index contributed by atoms with van der Waals surface area (Å²) in [6, 6.07) is 7.05. The van der Waals surface area contributed by atoms with Crippen LogP contribution in [0, 0.1) is 0 Å². The van der Waals surface area contributed by atoms with E-state index in [0.717, 1.165) is 24.0 Å². The first-order chi connectivity index (χ1) is 9.41. The molecule has 0 aliphatic rings. The summed E-state index contributed by atoms with van der Waals surface area (Å²) in [7, 11) is -3.44. The summed E-state index contributed by atoms with van der Waals surface area (Å²) in [6.07, 6.45) is 1.78. The molecule has 2 N–H and O–H groups in total. The number of aryl methyl sites for hydroxylation is 1. The maximum absolute atomic E-state index is 12.5. The summed E-state index contributed by atoms with van der Waals surface area (Å²) in [5, 5.41) is 0. The van der Waals surface area contributed by atoms with Gasteiger partial charge in [0.05, 0.1) is 4.90 Å². The summed E-state index contributed by atoms with van der Waals surface area (Å²) < 4.78 is 26.4. The van der Waals surface area contributed by atoms with Crippen molar-refractivity contribution in [3.8, 4) is 0 Å². The molecule has 1 aromatic rings. The topological polar surface area (TPSA) is 63.4 Å². The minimum atomic E-state index is -3.44. The Morgan fingerprint density at radius 3 is 2.35 bits per heavy atom. The van der Waals surface area contributed by atoms with E-state index in [1.165, 1.54) is 4.31 Å². The van der Waals surface area contributed by atoms with Crippen molar-refractivity contribution in [2.45, 2.75) is 31.6 Å². The molecule has 4 nitrogen and oxygen atoms in total. The van der Waals surface area contributed by atoms with Gasteiger partial charge in [0.15, 0.2) is 0 Å². The highest BCUT2D eigenvalue weighted by Gasteiger charge is 2.22. The van der Waals surface area contributed by atoms with Crippen LogP contribution in [0.15, 0.2) is 41.3 Å². The molecule has 0 atom stereocenters. The van der Waals surface area contributed by atoms with Gasteiger partial charge in [0.25, 0.3) is 0 Å². The number of nitrogens with two attached hydrogens (primary N) is 1. The van der Waals surface area contributed by atoms with Crippen LogP contribution in [-0.2, 0) is 16.4 Å². The third-order valence-corrected chi connectivity index (χ3v) is 4.96. The molecule has 1 rings (SSSR count). The second kappa shape index (κ2) is 7.57. The van der Waals surface area contributed by atoms with E-state index >= 15 is 0 Å². The predicted octanol–water partition coefficient (Wildman–Crippen LogP) is 2.16. The number of rotatable bonds is 8. The van der Waals surface area contributed by atoms with Crippen LogP contribution in [0.5, 0.6) is 0 Å². The van der Waals surface area contributed by atoms with Crippen LogP contribution < -0.4 is 5.73 Å². The van der Waals surface area contributed by atoms with Gasteiger partial charge in [0, 0.05) is 13.1 Å². The van der Waals surface area contributed by atoms with Gasteiger partial charge in [-0.05, 0) is 44.0 Å². The first-order valence-corrected chi connectivity index (χ1v) is 8.29. The zero-order chi connectivity index (χ0) is 15.2. The molecule has 0 fully saturated rings. The molecule has 0 unspecified atom stereocenters. The Kier molecular flexibility index (Phi) is 6.39. The molecule has 112 valence electrons. The van der Waals surface area contributed by atoms with Crippen LogP contribution in [0.4, 0.5) is 0 Å². The minimum Gasteiger partial charge on any atom is -0.330 e. The van der Waals surface area contributed by atoms with Crippen LogP contribution in [0.2, 0.25) is 0 Å². The molecule has 0 aliphatic carbocycles. The van der Waals surface area contributed by atoms with E-state index in [2.05, 4.69) is 6.58 Å². The lowest BCUT2D eigenvalue weighted by atomic mass is 10.1. The maximum Gasteiger partial charge on any atom is 0.243 e. The highest BCUT2D eigenvalue weighted by molar-refractivity contribution is 7.89. The fraction of sp³-hybridized carbons (Fsp3) is 0.467. The highest BCUT2D eigenvalue weighted by atomic mass is 32.2. The van der Waals surface area contributed by atoms with Gasteiger partial charge < -0.3 is 5.73 Å². The van der Waals surface area contributed by atoms with Gasteiger partial charge in [-0.25, -0.2) is 8.42 Å². The van der Waals surface area contributed by atoms with Crippen LogP contribution in [0.3, 0.4) is 0 Å². The SMILES string of the molecule is C=C(C)CN(CC)S(=O)(=O)c1ccc(CCCN)cc1. The van der Waals surface area contributed by atoms with Crippen molar-refractivity contribution in [1.82, 2.24) is 4.31 Å². The lowest BCUT2D eigenvalue weighted by Crippen LogP contribution is -2.32. The van der Waals surface area contributed by atoms with E-state index in [1.54, 1.807) is 12.1 Å². The molecule has 5 heteroatoms. The van der Waals surface area contributed by atoms with Gasteiger partial charge >= 0.3 is 0 Å². The Morgan fingerprint density at radius 2 is 1.90 bits per heavy atom. The summed E-state index contributed by atoms with van der Waals surface area (Å²) in [5.41, 5.74) is 7.41. The molecule has 0 heterocycles.